The zero-order valence-electron chi connectivity index (χ0n) is 8.49. The van der Waals surface area contributed by atoms with E-state index in [2.05, 4.69) is 26.5 Å². The van der Waals surface area contributed by atoms with Crippen LogP contribution in [0.5, 0.6) is 0 Å². The lowest BCUT2D eigenvalue weighted by Crippen LogP contribution is -2.36. The lowest BCUT2D eigenvalue weighted by atomic mass is 10.2. The number of carbonyl (C=O) groups excluding carboxylic acids is 1. The standard InChI is InChI=1S/C10H19NOS/c1-8(2)7-11(9-3-4-9)10(12)5-6-13/h8-9,13H,3-7H2,1-2H3. The molecule has 0 radical (unpaired) electrons. The van der Waals surface area contributed by atoms with Crippen molar-refractivity contribution in [1.29, 1.82) is 0 Å². The molecule has 1 fully saturated rings. The van der Waals surface area contributed by atoms with Crippen molar-refractivity contribution in [2.24, 2.45) is 5.92 Å². The number of carbonyl (C=O) groups is 1. The van der Waals surface area contributed by atoms with Crippen LogP contribution in [0.4, 0.5) is 0 Å². The summed E-state index contributed by atoms with van der Waals surface area (Å²) >= 11 is 4.09. The summed E-state index contributed by atoms with van der Waals surface area (Å²) in [4.78, 5) is 13.7. The molecular weight excluding hydrogens is 182 g/mol. The Balaban J connectivity index is 2.41. The molecule has 0 aromatic carbocycles. The second-order valence-corrected chi connectivity index (χ2v) is 4.59. The van der Waals surface area contributed by atoms with Gasteiger partial charge in [0.15, 0.2) is 0 Å². The third-order valence-electron chi connectivity index (χ3n) is 2.20. The Morgan fingerprint density at radius 3 is 2.54 bits per heavy atom. The first-order valence-electron chi connectivity index (χ1n) is 5.05. The van der Waals surface area contributed by atoms with Gasteiger partial charge in [0.1, 0.15) is 0 Å². The van der Waals surface area contributed by atoms with Crippen LogP contribution in [-0.4, -0.2) is 29.1 Å². The van der Waals surface area contributed by atoms with Gasteiger partial charge in [0.2, 0.25) is 5.91 Å². The predicted molar refractivity (Wildman–Crippen MR) is 58.0 cm³/mol. The minimum Gasteiger partial charge on any atom is -0.339 e. The van der Waals surface area contributed by atoms with E-state index in [1.165, 1.54) is 12.8 Å². The fourth-order valence-corrected chi connectivity index (χ4v) is 1.66. The quantitative estimate of drug-likeness (QED) is 0.674. The second-order valence-electron chi connectivity index (χ2n) is 4.14. The van der Waals surface area contributed by atoms with Crippen LogP contribution in [0.3, 0.4) is 0 Å². The molecule has 0 unspecified atom stereocenters. The molecule has 0 saturated heterocycles. The molecular formula is C10H19NOS. The fourth-order valence-electron chi connectivity index (χ4n) is 1.47. The average molecular weight is 201 g/mol. The van der Waals surface area contributed by atoms with E-state index in [4.69, 9.17) is 0 Å². The van der Waals surface area contributed by atoms with Gasteiger partial charge < -0.3 is 4.90 Å². The molecule has 1 aliphatic rings. The molecule has 1 amide bonds. The van der Waals surface area contributed by atoms with E-state index in [0.717, 1.165) is 6.54 Å². The molecule has 0 bridgehead atoms. The normalized spacial score (nSPS) is 16.3. The molecule has 0 N–H and O–H groups in total. The van der Waals surface area contributed by atoms with Gasteiger partial charge in [-0.15, -0.1) is 0 Å². The van der Waals surface area contributed by atoms with Crippen molar-refractivity contribution in [3.63, 3.8) is 0 Å². The van der Waals surface area contributed by atoms with Crippen molar-refractivity contribution in [2.75, 3.05) is 12.3 Å². The summed E-state index contributed by atoms with van der Waals surface area (Å²) in [5.74, 6) is 1.52. The van der Waals surface area contributed by atoms with Gasteiger partial charge in [0.05, 0.1) is 0 Å². The van der Waals surface area contributed by atoms with Crippen LogP contribution in [0.1, 0.15) is 33.1 Å². The first-order chi connectivity index (χ1) is 6.15. The molecule has 3 heteroatoms. The van der Waals surface area contributed by atoms with Gasteiger partial charge >= 0.3 is 0 Å². The predicted octanol–water partition coefficient (Wildman–Crippen LogP) is 1.95. The summed E-state index contributed by atoms with van der Waals surface area (Å²) in [6.07, 6.45) is 2.99. The van der Waals surface area contributed by atoms with Crippen molar-refractivity contribution in [1.82, 2.24) is 4.90 Å². The number of amides is 1. The number of rotatable bonds is 5. The van der Waals surface area contributed by atoms with Crippen LogP contribution in [0.2, 0.25) is 0 Å². The minimum atomic E-state index is 0.284. The molecule has 0 spiro atoms. The first kappa shape index (κ1) is 10.9. The molecule has 0 aromatic heterocycles. The van der Waals surface area contributed by atoms with Gasteiger partial charge in [-0.3, -0.25) is 4.79 Å². The van der Waals surface area contributed by atoms with Gasteiger partial charge in [-0.2, -0.15) is 12.6 Å². The van der Waals surface area contributed by atoms with Gasteiger partial charge in [0, 0.05) is 19.0 Å². The van der Waals surface area contributed by atoms with Crippen molar-refractivity contribution in [3.05, 3.63) is 0 Å². The average Bonchev–Trinajstić information content (AvgIpc) is 2.82. The highest BCUT2D eigenvalue weighted by Gasteiger charge is 2.32. The van der Waals surface area contributed by atoms with Crippen molar-refractivity contribution < 1.29 is 4.79 Å². The molecule has 1 saturated carbocycles. The Morgan fingerprint density at radius 1 is 1.54 bits per heavy atom. The van der Waals surface area contributed by atoms with E-state index >= 15 is 0 Å². The Kier molecular flexibility index (Phi) is 4.10. The Morgan fingerprint density at radius 2 is 2.15 bits per heavy atom. The maximum atomic E-state index is 11.6. The van der Waals surface area contributed by atoms with Crippen LogP contribution in [0, 0.1) is 5.92 Å². The van der Waals surface area contributed by atoms with E-state index < -0.39 is 0 Å². The summed E-state index contributed by atoms with van der Waals surface area (Å²) in [5, 5.41) is 0. The molecule has 76 valence electrons. The van der Waals surface area contributed by atoms with E-state index in [9.17, 15) is 4.79 Å². The van der Waals surface area contributed by atoms with Crippen LogP contribution in [-0.2, 0) is 4.79 Å². The van der Waals surface area contributed by atoms with Gasteiger partial charge in [0.25, 0.3) is 0 Å². The summed E-state index contributed by atoms with van der Waals surface area (Å²) in [6.45, 7) is 5.23. The van der Waals surface area contributed by atoms with Crippen molar-refractivity contribution in [3.8, 4) is 0 Å². The van der Waals surface area contributed by atoms with E-state index in [0.29, 0.717) is 24.1 Å². The maximum absolute atomic E-state index is 11.6. The molecule has 0 aromatic rings. The maximum Gasteiger partial charge on any atom is 0.223 e. The molecule has 1 rings (SSSR count). The highest BCUT2D eigenvalue weighted by molar-refractivity contribution is 7.80. The van der Waals surface area contributed by atoms with Crippen molar-refractivity contribution >= 4 is 18.5 Å². The second kappa shape index (κ2) is 4.89. The zero-order valence-corrected chi connectivity index (χ0v) is 9.39. The van der Waals surface area contributed by atoms with Crippen LogP contribution in [0.25, 0.3) is 0 Å². The lowest BCUT2D eigenvalue weighted by molar-refractivity contribution is -0.131. The molecule has 0 atom stereocenters. The molecule has 2 nitrogen and oxygen atoms in total. The SMILES string of the molecule is CC(C)CN(C(=O)CCS)C1CC1. The number of hydrogen-bond donors (Lipinski definition) is 1. The summed E-state index contributed by atoms with van der Waals surface area (Å²) in [6, 6.07) is 0.551. The highest BCUT2D eigenvalue weighted by Crippen LogP contribution is 2.28. The number of hydrogen-bond acceptors (Lipinski definition) is 2. The van der Waals surface area contributed by atoms with E-state index in [1.807, 2.05) is 4.90 Å². The van der Waals surface area contributed by atoms with Gasteiger partial charge in [-0.25, -0.2) is 0 Å². The summed E-state index contributed by atoms with van der Waals surface area (Å²) in [7, 11) is 0. The van der Waals surface area contributed by atoms with Crippen LogP contribution < -0.4 is 0 Å². The number of thiol groups is 1. The third-order valence-corrected chi connectivity index (χ3v) is 2.42. The Labute approximate surface area is 86.1 Å². The smallest absolute Gasteiger partial charge is 0.223 e. The fraction of sp³-hybridized carbons (Fsp3) is 0.900. The minimum absolute atomic E-state index is 0.284. The van der Waals surface area contributed by atoms with E-state index in [1.54, 1.807) is 0 Å². The third kappa shape index (κ3) is 3.59. The van der Waals surface area contributed by atoms with Gasteiger partial charge in [-0.1, -0.05) is 13.8 Å². The molecule has 1 aliphatic carbocycles. The van der Waals surface area contributed by atoms with Crippen LogP contribution >= 0.6 is 12.6 Å². The topological polar surface area (TPSA) is 20.3 Å². The molecule has 13 heavy (non-hydrogen) atoms. The summed E-state index contributed by atoms with van der Waals surface area (Å²) < 4.78 is 0. The van der Waals surface area contributed by atoms with E-state index in [-0.39, 0.29) is 5.91 Å². The van der Waals surface area contributed by atoms with Crippen molar-refractivity contribution in [2.45, 2.75) is 39.2 Å². The lowest BCUT2D eigenvalue weighted by Gasteiger charge is -2.24. The molecule has 0 aliphatic heterocycles. The Bertz CT molecular complexity index is 178. The van der Waals surface area contributed by atoms with Crippen LogP contribution in [0.15, 0.2) is 0 Å². The van der Waals surface area contributed by atoms with Gasteiger partial charge in [-0.05, 0) is 24.5 Å². The largest absolute Gasteiger partial charge is 0.339 e. The first-order valence-corrected chi connectivity index (χ1v) is 5.68. The highest BCUT2D eigenvalue weighted by atomic mass is 32.1. The number of nitrogens with zero attached hydrogens (tertiary/aromatic N) is 1. The molecule has 0 heterocycles. The monoisotopic (exact) mass is 201 g/mol. The summed E-state index contributed by atoms with van der Waals surface area (Å²) in [5.41, 5.74) is 0. The Hall–Kier alpha value is -0.180. The zero-order chi connectivity index (χ0) is 9.84.